The number of allylic oxidation sites excluding steroid dienone is 1. The summed E-state index contributed by atoms with van der Waals surface area (Å²) in [6.07, 6.45) is 6.00. The molecule has 130 valence electrons. The summed E-state index contributed by atoms with van der Waals surface area (Å²) in [5.41, 5.74) is 4.05. The zero-order valence-corrected chi connectivity index (χ0v) is 15.6. The third kappa shape index (κ3) is 3.61. The molecule has 0 aromatic heterocycles. The SMILES string of the molecule is CCCCCC1Nc2cc(Cl)ccc2NC2=C1C(=O)CC(C)(C)C2. The number of ketones is 1. The predicted molar refractivity (Wildman–Crippen MR) is 102 cm³/mol. The van der Waals surface area contributed by atoms with Gasteiger partial charge in [-0.05, 0) is 36.5 Å². The third-order valence-electron chi connectivity index (χ3n) is 4.96. The zero-order chi connectivity index (χ0) is 17.3. The number of halogens is 1. The van der Waals surface area contributed by atoms with Crippen LogP contribution in [-0.4, -0.2) is 11.8 Å². The van der Waals surface area contributed by atoms with E-state index >= 15 is 0 Å². The molecule has 24 heavy (non-hydrogen) atoms. The number of carbonyl (C=O) groups is 1. The van der Waals surface area contributed by atoms with E-state index in [2.05, 4.69) is 31.4 Å². The van der Waals surface area contributed by atoms with Crippen LogP contribution in [0.2, 0.25) is 5.02 Å². The Labute approximate surface area is 149 Å². The Balaban J connectivity index is 1.99. The van der Waals surface area contributed by atoms with E-state index in [1.807, 2.05) is 18.2 Å². The number of hydrogen-bond donors (Lipinski definition) is 2. The van der Waals surface area contributed by atoms with Crippen molar-refractivity contribution in [1.29, 1.82) is 0 Å². The van der Waals surface area contributed by atoms with Crippen molar-refractivity contribution in [2.24, 2.45) is 5.41 Å². The molecule has 0 bridgehead atoms. The molecule has 0 radical (unpaired) electrons. The number of fused-ring (bicyclic) bond motifs is 1. The van der Waals surface area contributed by atoms with Gasteiger partial charge in [0.2, 0.25) is 0 Å². The quantitative estimate of drug-likeness (QED) is 0.680. The lowest BCUT2D eigenvalue weighted by Gasteiger charge is -2.34. The van der Waals surface area contributed by atoms with Crippen molar-refractivity contribution in [1.82, 2.24) is 0 Å². The topological polar surface area (TPSA) is 41.1 Å². The molecule has 3 rings (SSSR count). The molecule has 1 aromatic carbocycles. The van der Waals surface area contributed by atoms with Gasteiger partial charge < -0.3 is 10.6 Å². The van der Waals surface area contributed by atoms with Crippen molar-refractivity contribution in [2.75, 3.05) is 10.6 Å². The molecular weight excluding hydrogens is 320 g/mol. The minimum Gasteiger partial charge on any atom is -0.376 e. The third-order valence-corrected chi connectivity index (χ3v) is 5.20. The molecule has 0 saturated heterocycles. The summed E-state index contributed by atoms with van der Waals surface area (Å²) in [4.78, 5) is 12.9. The van der Waals surface area contributed by atoms with Gasteiger partial charge in [-0.1, -0.05) is 51.6 Å². The van der Waals surface area contributed by atoms with Crippen LogP contribution in [0.5, 0.6) is 0 Å². The molecule has 1 aromatic rings. The van der Waals surface area contributed by atoms with Crippen LogP contribution in [0, 0.1) is 5.41 Å². The summed E-state index contributed by atoms with van der Waals surface area (Å²) in [6.45, 7) is 6.54. The molecule has 0 spiro atoms. The first-order valence-corrected chi connectivity index (χ1v) is 9.37. The lowest BCUT2D eigenvalue weighted by atomic mass is 9.74. The molecule has 3 nitrogen and oxygen atoms in total. The van der Waals surface area contributed by atoms with E-state index in [1.165, 1.54) is 12.8 Å². The largest absolute Gasteiger partial charge is 0.376 e. The minimum absolute atomic E-state index is 0.00775. The molecule has 1 aliphatic carbocycles. The zero-order valence-electron chi connectivity index (χ0n) is 14.8. The fraction of sp³-hybridized carbons (Fsp3) is 0.550. The second-order valence-corrected chi connectivity index (χ2v) is 8.28. The Morgan fingerprint density at radius 2 is 2.00 bits per heavy atom. The van der Waals surface area contributed by atoms with Gasteiger partial charge in [-0.15, -0.1) is 0 Å². The molecule has 0 amide bonds. The van der Waals surface area contributed by atoms with Gasteiger partial charge in [0.1, 0.15) is 0 Å². The number of Topliss-reactive ketones (excluding diaryl/α,β-unsaturated/α-hetero) is 1. The smallest absolute Gasteiger partial charge is 0.163 e. The van der Waals surface area contributed by atoms with Crippen LogP contribution in [0.15, 0.2) is 29.5 Å². The molecular formula is C20H27ClN2O. The summed E-state index contributed by atoms with van der Waals surface area (Å²) in [5.74, 6) is 0.279. The van der Waals surface area contributed by atoms with E-state index in [-0.39, 0.29) is 17.2 Å². The van der Waals surface area contributed by atoms with Crippen LogP contribution in [0.1, 0.15) is 59.3 Å². The van der Waals surface area contributed by atoms with Gasteiger partial charge in [-0.25, -0.2) is 0 Å². The normalized spacial score (nSPS) is 22.2. The van der Waals surface area contributed by atoms with E-state index in [0.29, 0.717) is 11.4 Å². The van der Waals surface area contributed by atoms with E-state index in [0.717, 1.165) is 41.9 Å². The van der Waals surface area contributed by atoms with Crippen LogP contribution in [0.3, 0.4) is 0 Å². The Hall–Kier alpha value is -1.48. The lowest BCUT2D eigenvalue weighted by molar-refractivity contribution is -0.118. The van der Waals surface area contributed by atoms with Crippen molar-refractivity contribution >= 4 is 28.8 Å². The Morgan fingerprint density at radius 1 is 1.21 bits per heavy atom. The fourth-order valence-corrected chi connectivity index (χ4v) is 4.01. The summed E-state index contributed by atoms with van der Waals surface area (Å²) < 4.78 is 0. The predicted octanol–water partition coefficient (Wildman–Crippen LogP) is 5.77. The van der Waals surface area contributed by atoms with E-state index in [1.54, 1.807) is 0 Å². The van der Waals surface area contributed by atoms with Crippen molar-refractivity contribution in [3.63, 3.8) is 0 Å². The average molecular weight is 347 g/mol. The number of rotatable bonds is 4. The van der Waals surface area contributed by atoms with Gasteiger partial charge >= 0.3 is 0 Å². The van der Waals surface area contributed by atoms with Crippen molar-refractivity contribution in [3.8, 4) is 0 Å². The van der Waals surface area contributed by atoms with E-state index in [9.17, 15) is 4.79 Å². The highest BCUT2D eigenvalue weighted by Gasteiger charge is 2.37. The Bertz CT molecular complexity index is 678. The highest BCUT2D eigenvalue weighted by molar-refractivity contribution is 6.31. The molecule has 0 fully saturated rings. The standard InChI is InChI=1S/C20H27ClN2O/c1-4-5-6-7-15-19-17(11-20(2,3)12-18(19)24)22-14-9-8-13(21)10-16(14)23-15/h8-10,15,22-23H,4-7,11-12H2,1-3H3. The van der Waals surface area contributed by atoms with Gasteiger partial charge in [-0.3, -0.25) is 4.79 Å². The number of carbonyl (C=O) groups excluding carboxylic acids is 1. The van der Waals surface area contributed by atoms with Gasteiger partial charge in [0.25, 0.3) is 0 Å². The number of unbranched alkanes of at least 4 members (excludes halogenated alkanes) is 2. The first-order chi connectivity index (χ1) is 11.4. The van der Waals surface area contributed by atoms with Crippen LogP contribution < -0.4 is 10.6 Å². The van der Waals surface area contributed by atoms with Crippen molar-refractivity contribution in [3.05, 3.63) is 34.5 Å². The maximum atomic E-state index is 12.9. The second kappa shape index (κ2) is 6.79. The number of nitrogens with one attached hydrogen (secondary N) is 2. The second-order valence-electron chi connectivity index (χ2n) is 7.84. The molecule has 1 heterocycles. The van der Waals surface area contributed by atoms with Crippen LogP contribution >= 0.6 is 11.6 Å². The van der Waals surface area contributed by atoms with Crippen LogP contribution in [0.25, 0.3) is 0 Å². The van der Waals surface area contributed by atoms with E-state index < -0.39 is 0 Å². The minimum atomic E-state index is 0.00775. The van der Waals surface area contributed by atoms with Crippen molar-refractivity contribution in [2.45, 2.75) is 65.3 Å². The van der Waals surface area contributed by atoms with Gasteiger partial charge in [-0.2, -0.15) is 0 Å². The Morgan fingerprint density at radius 3 is 2.75 bits per heavy atom. The van der Waals surface area contributed by atoms with E-state index in [4.69, 9.17) is 11.6 Å². The molecule has 2 aliphatic rings. The lowest BCUT2D eigenvalue weighted by Crippen LogP contribution is -2.34. The fourth-order valence-electron chi connectivity index (χ4n) is 3.83. The van der Waals surface area contributed by atoms with Crippen molar-refractivity contribution < 1.29 is 4.79 Å². The summed E-state index contributed by atoms with van der Waals surface area (Å²) in [5, 5.41) is 7.83. The summed E-state index contributed by atoms with van der Waals surface area (Å²) in [6, 6.07) is 5.91. The monoisotopic (exact) mass is 346 g/mol. The van der Waals surface area contributed by atoms with Crippen LogP contribution in [0.4, 0.5) is 11.4 Å². The average Bonchev–Trinajstić information content (AvgIpc) is 2.62. The summed E-state index contributed by atoms with van der Waals surface area (Å²) >= 11 is 6.18. The summed E-state index contributed by atoms with van der Waals surface area (Å²) in [7, 11) is 0. The molecule has 2 N–H and O–H groups in total. The van der Waals surface area contributed by atoms with Gasteiger partial charge in [0.15, 0.2) is 5.78 Å². The molecule has 4 heteroatoms. The first-order valence-electron chi connectivity index (χ1n) is 8.99. The maximum Gasteiger partial charge on any atom is 0.163 e. The van der Waals surface area contributed by atoms with Gasteiger partial charge in [0.05, 0.1) is 17.4 Å². The number of hydrogen-bond acceptors (Lipinski definition) is 3. The highest BCUT2D eigenvalue weighted by atomic mass is 35.5. The number of anilines is 2. The highest BCUT2D eigenvalue weighted by Crippen LogP contribution is 2.42. The molecule has 1 atom stereocenters. The van der Waals surface area contributed by atoms with Gasteiger partial charge in [0, 0.05) is 22.7 Å². The first kappa shape index (κ1) is 17.3. The maximum absolute atomic E-state index is 12.9. The number of benzene rings is 1. The molecule has 1 unspecified atom stereocenters. The van der Waals surface area contributed by atoms with Crippen LogP contribution in [-0.2, 0) is 4.79 Å². The molecule has 0 saturated carbocycles. The Kier molecular flexibility index (Phi) is 4.91. The molecule has 1 aliphatic heterocycles.